The van der Waals surface area contributed by atoms with Crippen molar-refractivity contribution in [3.63, 3.8) is 0 Å². The largest absolute Gasteiger partial charge is 0.363 e. The zero-order chi connectivity index (χ0) is 16.5. The molecule has 0 fully saturated rings. The fraction of sp³-hybridized carbons (Fsp3) is 0.353. The van der Waals surface area contributed by atoms with Crippen molar-refractivity contribution in [2.24, 2.45) is 4.99 Å². The number of rotatable bonds is 6. The summed E-state index contributed by atoms with van der Waals surface area (Å²) in [5.41, 5.74) is 1.91. The van der Waals surface area contributed by atoms with Gasteiger partial charge in [-0.2, -0.15) is 0 Å². The number of nitrogens with zero attached hydrogens (tertiary/aromatic N) is 4. The molecule has 0 bridgehead atoms. The lowest BCUT2D eigenvalue weighted by molar-refractivity contribution is 0.796. The SMILES string of the molecule is CCNC(=NCc1cccc(N(C)C)n1)NCc1ccccn1.I. The molecule has 0 saturated heterocycles. The Hall–Kier alpha value is -1.90. The summed E-state index contributed by atoms with van der Waals surface area (Å²) in [4.78, 5) is 15.4. The van der Waals surface area contributed by atoms with Crippen molar-refractivity contribution in [1.29, 1.82) is 0 Å². The van der Waals surface area contributed by atoms with Gasteiger partial charge in [0.05, 0.1) is 24.5 Å². The van der Waals surface area contributed by atoms with Gasteiger partial charge in [-0.3, -0.25) is 4.98 Å². The number of aromatic nitrogens is 2. The van der Waals surface area contributed by atoms with Crippen LogP contribution in [0.4, 0.5) is 5.82 Å². The Labute approximate surface area is 160 Å². The van der Waals surface area contributed by atoms with Gasteiger partial charge in [0.25, 0.3) is 0 Å². The number of nitrogens with one attached hydrogen (secondary N) is 2. The fourth-order valence-corrected chi connectivity index (χ4v) is 1.98. The van der Waals surface area contributed by atoms with Gasteiger partial charge < -0.3 is 15.5 Å². The molecule has 2 rings (SSSR count). The number of guanidine groups is 1. The maximum atomic E-state index is 4.58. The molecule has 2 aromatic rings. The minimum absolute atomic E-state index is 0. The maximum absolute atomic E-state index is 4.58. The third-order valence-electron chi connectivity index (χ3n) is 3.16. The molecule has 7 heteroatoms. The lowest BCUT2D eigenvalue weighted by Gasteiger charge is -2.13. The second kappa shape index (κ2) is 10.8. The molecular weight excluding hydrogens is 415 g/mol. The first-order chi connectivity index (χ1) is 11.2. The molecule has 6 nitrogen and oxygen atoms in total. The smallest absolute Gasteiger partial charge is 0.191 e. The van der Waals surface area contributed by atoms with Gasteiger partial charge in [-0.05, 0) is 31.2 Å². The van der Waals surface area contributed by atoms with Crippen LogP contribution in [0.25, 0.3) is 0 Å². The predicted octanol–water partition coefficient (Wildman–Crippen LogP) is 2.42. The minimum Gasteiger partial charge on any atom is -0.363 e. The van der Waals surface area contributed by atoms with Gasteiger partial charge >= 0.3 is 0 Å². The van der Waals surface area contributed by atoms with E-state index in [2.05, 4.69) is 25.6 Å². The third-order valence-corrected chi connectivity index (χ3v) is 3.16. The molecule has 2 N–H and O–H groups in total. The van der Waals surface area contributed by atoms with E-state index < -0.39 is 0 Å². The Morgan fingerprint density at radius 3 is 2.54 bits per heavy atom. The van der Waals surface area contributed by atoms with Crippen molar-refractivity contribution in [3.8, 4) is 0 Å². The highest BCUT2D eigenvalue weighted by Gasteiger charge is 2.01. The topological polar surface area (TPSA) is 65.4 Å². The molecule has 0 saturated carbocycles. The van der Waals surface area contributed by atoms with Crippen LogP contribution in [-0.4, -0.2) is 36.6 Å². The quantitative estimate of drug-likeness (QED) is 0.411. The lowest BCUT2D eigenvalue weighted by Crippen LogP contribution is -2.37. The Balaban J connectivity index is 0.00000288. The van der Waals surface area contributed by atoms with Gasteiger partial charge in [0.15, 0.2) is 5.96 Å². The zero-order valence-corrected chi connectivity index (χ0v) is 16.7. The summed E-state index contributed by atoms with van der Waals surface area (Å²) in [5.74, 6) is 1.69. The van der Waals surface area contributed by atoms with Gasteiger partial charge in [-0.25, -0.2) is 9.98 Å². The van der Waals surface area contributed by atoms with E-state index in [9.17, 15) is 0 Å². The number of anilines is 1. The summed E-state index contributed by atoms with van der Waals surface area (Å²) in [6.07, 6.45) is 1.79. The van der Waals surface area contributed by atoms with Gasteiger partial charge in [0.2, 0.25) is 0 Å². The van der Waals surface area contributed by atoms with Crippen LogP contribution in [0, 0.1) is 0 Å². The summed E-state index contributed by atoms with van der Waals surface area (Å²) in [7, 11) is 3.96. The van der Waals surface area contributed by atoms with Crippen molar-refractivity contribution < 1.29 is 0 Å². The van der Waals surface area contributed by atoms with E-state index in [1.165, 1.54) is 0 Å². The molecule has 0 radical (unpaired) electrons. The highest BCUT2D eigenvalue weighted by Crippen LogP contribution is 2.08. The Bertz CT molecular complexity index is 630. The van der Waals surface area contributed by atoms with E-state index in [0.717, 1.165) is 29.7 Å². The highest BCUT2D eigenvalue weighted by molar-refractivity contribution is 14.0. The van der Waals surface area contributed by atoms with Gasteiger partial charge in [0, 0.05) is 26.8 Å². The number of hydrogen-bond donors (Lipinski definition) is 2. The normalized spacial score (nSPS) is 10.7. The molecule has 130 valence electrons. The molecule has 2 heterocycles. The van der Waals surface area contributed by atoms with E-state index in [0.29, 0.717) is 13.1 Å². The summed E-state index contributed by atoms with van der Waals surface area (Å²) >= 11 is 0. The zero-order valence-electron chi connectivity index (χ0n) is 14.4. The highest BCUT2D eigenvalue weighted by atomic mass is 127. The summed E-state index contributed by atoms with van der Waals surface area (Å²) < 4.78 is 0. The molecule has 24 heavy (non-hydrogen) atoms. The number of aliphatic imine (C=N–C) groups is 1. The van der Waals surface area contributed by atoms with Crippen LogP contribution in [0.1, 0.15) is 18.3 Å². The molecule has 2 aromatic heterocycles. The number of hydrogen-bond acceptors (Lipinski definition) is 4. The van der Waals surface area contributed by atoms with Crippen LogP contribution >= 0.6 is 24.0 Å². The van der Waals surface area contributed by atoms with Crippen LogP contribution in [0.5, 0.6) is 0 Å². The molecule has 0 aromatic carbocycles. The second-order valence-electron chi connectivity index (χ2n) is 5.25. The van der Waals surface area contributed by atoms with E-state index in [-0.39, 0.29) is 24.0 Å². The van der Waals surface area contributed by atoms with E-state index in [1.54, 1.807) is 6.20 Å². The van der Waals surface area contributed by atoms with Crippen LogP contribution in [0.2, 0.25) is 0 Å². The van der Waals surface area contributed by atoms with E-state index in [4.69, 9.17) is 0 Å². The van der Waals surface area contributed by atoms with Crippen molar-refractivity contribution in [3.05, 3.63) is 54.0 Å². The fourth-order valence-electron chi connectivity index (χ4n) is 1.98. The molecule has 0 aliphatic heterocycles. The van der Waals surface area contributed by atoms with Crippen molar-refractivity contribution in [2.45, 2.75) is 20.0 Å². The third kappa shape index (κ3) is 6.69. The average molecular weight is 440 g/mol. The average Bonchev–Trinajstić information content (AvgIpc) is 2.58. The Morgan fingerprint density at radius 1 is 1.08 bits per heavy atom. The van der Waals surface area contributed by atoms with Crippen LogP contribution in [-0.2, 0) is 13.1 Å². The van der Waals surface area contributed by atoms with Crippen LogP contribution in [0.15, 0.2) is 47.6 Å². The predicted molar refractivity (Wildman–Crippen MR) is 110 cm³/mol. The van der Waals surface area contributed by atoms with Crippen molar-refractivity contribution in [2.75, 3.05) is 25.5 Å². The lowest BCUT2D eigenvalue weighted by atomic mass is 10.3. The van der Waals surface area contributed by atoms with Crippen molar-refractivity contribution in [1.82, 2.24) is 20.6 Å². The first kappa shape index (κ1) is 20.1. The Morgan fingerprint density at radius 2 is 1.88 bits per heavy atom. The molecule has 0 atom stereocenters. The molecule has 0 unspecified atom stereocenters. The molecule has 0 aliphatic carbocycles. The van der Waals surface area contributed by atoms with Gasteiger partial charge in [-0.1, -0.05) is 12.1 Å². The minimum atomic E-state index is 0. The molecular formula is C17H25IN6. The molecule has 0 aliphatic rings. The summed E-state index contributed by atoms with van der Waals surface area (Å²) in [6.45, 7) is 4.01. The number of pyridine rings is 2. The summed E-state index contributed by atoms with van der Waals surface area (Å²) in [5, 5.41) is 6.52. The monoisotopic (exact) mass is 440 g/mol. The van der Waals surface area contributed by atoms with Crippen molar-refractivity contribution >= 4 is 35.8 Å². The summed E-state index contributed by atoms with van der Waals surface area (Å²) in [6, 6.07) is 11.8. The van der Waals surface area contributed by atoms with Gasteiger partial charge in [-0.15, -0.1) is 24.0 Å². The molecule has 0 spiro atoms. The maximum Gasteiger partial charge on any atom is 0.191 e. The van der Waals surface area contributed by atoms with E-state index >= 15 is 0 Å². The van der Waals surface area contributed by atoms with E-state index in [1.807, 2.05) is 62.3 Å². The Kier molecular flexibility index (Phi) is 9.06. The first-order valence-corrected chi connectivity index (χ1v) is 7.74. The molecule has 0 amide bonds. The van der Waals surface area contributed by atoms with Crippen LogP contribution in [0.3, 0.4) is 0 Å². The van der Waals surface area contributed by atoms with Crippen LogP contribution < -0.4 is 15.5 Å². The van der Waals surface area contributed by atoms with Gasteiger partial charge in [0.1, 0.15) is 5.82 Å². The second-order valence-corrected chi connectivity index (χ2v) is 5.25. The number of halogens is 1. The first-order valence-electron chi connectivity index (χ1n) is 7.74. The standard InChI is InChI=1S/C17H24N6.HI/c1-4-18-17(20-12-14-8-5-6-11-19-14)21-13-15-9-7-10-16(22-15)23(2)3;/h5-11H,4,12-13H2,1-3H3,(H2,18,20,21);1H.